The van der Waals surface area contributed by atoms with Crippen LogP contribution in [0.3, 0.4) is 0 Å². The van der Waals surface area contributed by atoms with E-state index in [1.807, 2.05) is 83.8 Å². The quantitative estimate of drug-likeness (QED) is 0.541. The molecule has 1 atom stereocenters. The highest BCUT2D eigenvalue weighted by molar-refractivity contribution is 8.02. The Bertz CT molecular complexity index is 1250. The number of rotatable bonds is 5. The molecule has 3 aliphatic rings. The smallest absolute Gasteiger partial charge is 0.269 e. The van der Waals surface area contributed by atoms with Crippen molar-refractivity contribution in [3.63, 3.8) is 0 Å². The van der Waals surface area contributed by atoms with E-state index >= 15 is 0 Å². The van der Waals surface area contributed by atoms with Crippen LogP contribution in [0.1, 0.15) is 5.56 Å². The molecule has 1 spiro atoms. The molecule has 2 amide bonds. The summed E-state index contributed by atoms with van der Waals surface area (Å²) in [6.45, 7) is 3.35. The zero-order chi connectivity index (χ0) is 23.8. The molecule has 35 heavy (non-hydrogen) atoms. The largest absolute Gasteiger partial charge is 0.457 e. The lowest BCUT2D eigenvalue weighted by Gasteiger charge is -2.35. The van der Waals surface area contributed by atoms with Gasteiger partial charge in [0.15, 0.2) is 0 Å². The van der Waals surface area contributed by atoms with Crippen molar-refractivity contribution in [2.24, 2.45) is 0 Å². The van der Waals surface area contributed by atoms with Gasteiger partial charge in [-0.2, -0.15) is 0 Å². The highest BCUT2D eigenvalue weighted by atomic mass is 32.2. The van der Waals surface area contributed by atoms with Gasteiger partial charge >= 0.3 is 0 Å². The van der Waals surface area contributed by atoms with Gasteiger partial charge in [0, 0.05) is 24.3 Å². The van der Waals surface area contributed by atoms with E-state index in [1.54, 1.807) is 4.90 Å². The fourth-order valence-corrected chi connectivity index (χ4v) is 6.29. The average Bonchev–Trinajstić information content (AvgIpc) is 3.37. The van der Waals surface area contributed by atoms with Gasteiger partial charge in [0.05, 0.1) is 31.3 Å². The SMILES string of the molecule is O=C1CS[C@]2(C(=O)N(CN3CCOCC3)c3ccccc32)N1c1ccc(Oc2ccccc2)cc1. The molecule has 0 aromatic heterocycles. The number of para-hydroxylation sites is 2. The molecule has 0 radical (unpaired) electrons. The number of carbonyl (C=O) groups excluding carboxylic acids is 2. The Balaban J connectivity index is 1.34. The van der Waals surface area contributed by atoms with Gasteiger partial charge in [-0.1, -0.05) is 36.4 Å². The molecule has 7 nitrogen and oxygen atoms in total. The molecule has 2 saturated heterocycles. The van der Waals surface area contributed by atoms with Crippen molar-refractivity contribution < 1.29 is 19.1 Å². The zero-order valence-electron chi connectivity index (χ0n) is 19.1. The Hall–Kier alpha value is -3.33. The first-order valence-corrected chi connectivity index (χ1v) is 12.7. The second kappa shape index (κ2) is 9.03. The first-order chi connectivity index (χ1) is 17.2. The van der Waals surface area contributed by atoms with E-state index in [9.17, 15) is 9.59 Å². The van der Waals surface area contributed by atoms with E-state index < -0.39 is 4.87 Å². The van der Waals surface area contributed by atoms with Crippen molar-refractivity contribution in [2.75, 3.05) is 48.5 Å². The Morgan fingerprint density at radius 1 is 0.857 bits per heavy atom. The maximum atomic E-state index is 14.1. The lowest BCUT2D eigenvalue weighted by molar-refractivity contribution is -0.124. The minimum atomic E-state index is -1.11. The second-order valence-corrected chi connectivity index (χ2v) is 9.86. The van der Waals surface area contributed by atoms with Crippen molar-refractivity contribution in [2.45, 2.75) is 4.87 Å². The zero-order valence-corrected chi connectivity index (χ0v) is 19.9. The monoisotopic (exact) mass is 487 g/mol. The van der Waals surface area contributed by atoms with Crippen LogP contribution in [0.5, 0.6) is 11.5 Å². The molecule has 0 bridgehead atoms. The summed E-state index contributed by atoms with van der Waals surface area (Å²) in [5.41, 5.74) is 2.40. The number of amides is 2. The van der Waals surface area contributed by atoms with E-state index in [2.05, 4.69) is 4.90 Å². The lowest BCUT2D eigenvalue weighted by Crippen LogP contribution is -2.52. The maximum Gasteiger partial charge on any atom is 0.269 e. The molecule has 3 aromatic carbocycles. The highest BCUT2D eigenvalue weighted by Gasteiger charge is 2.61. The predicted octanol–water partition coefficient (Wildman–Crippen LogP) is 4.05. The normalized spacial score (nSPS) is 22.2. The molecule has 8 heteroatoms. The number of fused-ring (bicyclic) bond motifs is 2. The number of hydrogen-bond acceptors (Lipinski definition) is 6. The number of nitrogens with zero attached hydrogens (tertiary/aromatic N) is 3. The third-order valence-electron chi connectivity index (χ3n) is 6.58. The first kappa shape index (κ1) is 22.2. The molecule has 0 N–H and O–H groups in total. The standard InChI is InChI=1S/C27H25N3O4S/c31-25-18-35-27(30(25)20-10-12-22(13-11-20)34-21-6-2-1-3-7-21)23-8-4-5-9-24(23)29(26(27)32)19-28-14-16-33-17-15-28/h1-13H,14-19H2/t27-/m1/s1. The summed E-state index contributed by atoms with van der Waals surface area (Å²) in [6.07, 6.45) is 0. The second-order valence-electron chi connectivity index (χ2n) is 8.69. The van der Waals surface area contributed by atoms with Gasteiger partial charge in [-0.3, -0.25) is 24.3 Å². The van der Waals surface area contributed by atoms with Crippen molar-refractivity contribution in [1.82, 2.24) is 4.90 Å². The van der Waals surface area contributed by atoms with Crippen molar-refractivity contribution >= 4 is 35.0 Å². The third-order valence-corrected chi connectivity index (χ3v) is 7.97. The van der Waals surface area contributed by atoms with Crippen LogP contribution in [0.25, 0.3) is 0 Å². The maximum absolute atomic E-state index is 14.1. The van der Waals surface area contributed by atoms with E-state index in [1.165, 1.54) is 11.8 Å². The molecule has 3 heterocycles. The summed E-state index contributed by atoms with van der Waals surface area (Å²) >= 11 is 1.40. The average molecular weight is 488 g/mol. The summed E-state index contributed by atoms with van der Waals surface area (Å²) in [4.78, 5) is 32.0. The van der Waals surface area contributed by atoms with Crippen LogP contribution in [0.2, 0.25) is 0 Å². The van der Waals surface area contributed by atoms with Gasteiger partial charge in [-0.05, 0) is 42.5 Å². The number of thioether (sulfide) groups is 1. The topological polar surface area (TPSA) is 62.3 Å². The fourth-order valence-electron chi connectivity index (χ4n) is 4.93. The van der Waals surface area contributed by atoms with Crippen LogP contribution >= 0.6 is 11.8 Å². The first-order valence-electron chi connectivity index (χ1n) is 11.7. The van der Waals surface area contributed by atoms with Crippen molar-refractivity contribution in [3.05, 3.63) is 84.4 Å². The van der Waals surface area contributed by atoms with Crippen molar-refractivity contribution in [1.29, 1.82) is 0 Å². The van der Waals surface area contributed by atoms with E-state index in [-0.39, 0.29) is 17.6 Å². The Kier molecular flexibility index (Phi) is 5.72. The van der Waals surface area contributed by atoms with Gasteiger partial charge in [-0.25, -0.2) is 0 Å². The fraction of sp³-hybridized carbons (Fsp3) is 0.259. The number of carbonyl (C=O) groups is 2. The molecule has 2 fully saturated rings. The van der Waals surface area contributed by atoms with E-state index in [0.717, 1.165) is 30.1 Å². The van der Waals surface area contributed by atoms with Gasteiger partial charge in [0.2, 0.25) is 10.8 Å². The summed E-state index contributed by atoms with van der Waals surface area (Å²) < 4.78 is 11.4. The van der Waals surface area contributed by atoms with Gasteiger partial charge in [-0.15, -0.1) is 11.8 Å². The molecule has 6 rings (SSSR count). The molecular formula is C27H25N3O4S. The predicted molar refractivity (Wildman–Crippen MR) is 136 cm³/mol. The molecule has 0 unspecified atom stereocenters. The summed E-state index contributed by atoms with van der Waals surface area (Å²) in [7, 11) is 0. The summed E-state index contributed by atoms with van der Waals surface area (Å²) in [5.74, 6) is 1.49. The van der Waals surface area contributed by atoms with Crippen LogP contribution in [-0.2, 0) is 19.2 Å². The Morgan fingerprint density at radius 2 is 1.54 bits per heavy atom. The summed E-state index contributed by atoms with van der Waals surface area (Å²) in [6, 6.07) is 24.7. The van der Waals surface area contributed by atoms with Crippen LogP contribution in [0.4, 0.5) is 11.4 Å². The Morgan fingerprint density at radius 3 is 2.31 bits per heavy atom. The minimum Gasteiger partial charge on any atom is -0.457 e. The van der Waals surface area contributed by atoms with Crippen molar-refractivity contribution in [3.8, 4) is 11.5 Å². The number of hydrogen-bond donors (Lipinski definition) is 0. The van der Waals surface area contributed by atoms with Crippen LogP contribution in [-0.4, -0.2) is 55.4 Å². The van der Waals surface area contributed by atoms with Crippen LogP contribution in [0, 0.1) is 0 Å². The van der Waals surface area contributed by atoms with Crippen LogP contribution in [0.15, 0.2) is 78.9 Å². The van der Waals surface area contributed by atoms with E-state index in [4.69, 9.17) is 9.47 Å². The van der Waals surface area contributed by atoms with Crippen LogP contribution < -0.4 is 14.5 Å². The number of morpholine rings is 1. The third kappa shape index (κ3) is 3.78. The number of anilines is 2. The van der Waals surface area contributed by atoms with Gasteiger partial charge < -0.3 is 9.47 Å². The molecule has 3 aliphatic heterocycles. The summed E-state index contributed by atoms with van der Waals surface area (Å²) in [5, 5.41) is 0. The minimum absolute atomic E-state index is 0.0781. The van der Waals surface area contributed by atoms with E-state index in [0.29, 0.717) is 31.3 Å². The Labute approximate surface area is 208 Å². The molecule has 0 aliphatic carbocycles. The molecule has 3 aromatic rings. The lowest BCUT2D eigenvalue weighted by atomic mass is 10.0. The molecular weight excluding hydrogens is 462 g/mol. The molecule has 178 valence electrons. The molecule has 0 saturated carbocycles. The number of ether oxygens (including phenoxy) is 2. The highest BCUT2D eigenvalue weighted by Crippen LogP contribution is 2.55. The van der Waals surface area contributed by atoms with Gasteiger partial charge in [0.1, 0.15) is 11.5 Å². The number of benzene rings is 3. The van der Waals surface area contributed by atoms with Gasteiger partial charge in [0.25, 0.3) is 5.91 Å².